The standard InChI is InChI=1S/C10H12BrNO3S/c1-2-15-8(10(13)14)6-16-9-7(11)4-3-5-12-9/h3-5,8H,2,6H2,1H3,(H,13,14). The molecule has 4 nitrogen and oxygen atoms in total. The molecule has 0 saturated heterocycles. The second-order valence-electron chi connectivity index (χ2n) is 2.88. The van der Waals surface area contributed by atoms with Crippen LogP contribution in [0.25, 0.3) is 0 Å². The van der Waals surface area contributed by atoms with Gasteiger partial charge in [0, 0.05) is 23.0 Å². The van der Waals surface area contributed by atoms with Gasteiger partial charge in [0.05, 0.1) is 0 Å². The summed E-state index contributed by atoms with van der Waals surface area (Å²) in [6, 6.07) is 3.68. The van der Waals surface area contributed by atoms with Gasteiger partial charge >= 0.3 is 5.97 Å². The lowest BCUT2D eigenvalue weighted by Gasteiger charge is -2.11. The highest BCUT2D eigenvalue weighted by Crippen LogP contribution is 2.25. The third kappa shape index (κ3) is 4.11. The largest absolute Gasteiger partial charge is 0.479 e. The highest BCUT2D eigenvalue weighted by molar-refractivity contribution is 9.10. The Hall–Kier alpha value is -0.590. The highest BCUT2D eigenvalue weighted by Gasteiger charge is 2.18. The number of rotatable bonds is 6. The van der Waals surface area contributed by atoms with Crippen molar-refractivity contribution in [1.82, 2.24) is 4.98 Å². The third-order valence-electron chi connectivity index (χ3n) is 1.74. The van der Waals surface area contributed by atoms with Crippen LogP contribution in [0.4, 0.5) is 0 Å². The van der Waals surface area contributed by atoms with Gasteiger partial charge in [-0.1, -0.05) is 0 Å². The van der Waals surface area contributed by atoms with Crippen LogP contribution >= 0.6 is 27.7 Å². The first-order valence-electron chi connectivity index (χ1n) is 4.73. The van der Waals surface area contributed by atoms with Gasteiger partial charge in [0.1, 0.15) is 5.03 Å². The molecule has 0 spiro atoms. The molecule has 16 heavy (non-hydrogen) atoms. The molecule has 0 aliphatic carbocycles. The molecular weight excluding hydrogens is 294 g/mol. The van der Waals surface area contributed by atoms with E-state index >= 15 is 0 Å². The number of hydrogen-bond donors (Lipinski definition) is 1. The molecule has 88 valence electrons. The van der Waals surface area contributed by atoms with Gasteiger partial charge in [-0.2, -0.15) is 0 Å². The molecule has 0 amide bonds. The number of pyridine rings is 1. The molecule has 1 heterocycles. The van der Waals surface area contributed by atoms with E-state index in [-0.39, 0.29) is 0 Å². The Morgan fingerprint density at radius 1 is 1.75 bits per heavy atom. The monoisotopic (exact) mass is 305 g/mol. The van der Waals surface area contributed by atoms with Crippen LogP contribution in [0.15, 0.2) is 27.8 Å². The second-order valence-corrected chi connectivity index (χ2v) is 4.75. The van der Waals surface area contributed by atoms with Crippen LogP contribution in [0.1, 0.15) is 6.92 Å². The first kappa shape index (κ1) is 13.5. The SMILES string of the molecule is CCOC(CSc1ncccc1Br)C(=O)O. The van der Waals surface area contributed by atoms with Crippen molar-refractivity contribution in [2.24, 2.45) is 0 Å². The lowest BCUT2D eigenvalue weighted by Crippen LogP contribution is -2.26. The Balaban J connectivity index is 2.55. The summed E-state index contributed by atoms with van der Waals surface area (Å²) in [4.78, 5) is 15.0. The zero-order valence-corrected chi connectivity index (χ0v) is 11.1. The zero-order valence-electron chi connectivity index (χ0n) is 8.72. The molecule has 1 atom stereocenters. The second kappa shape index (κ2) is 6.88. The number of aromatic nitrogens is 1. The first-order chi connectivity index (χ1) is 7.65. The van der Waals surface area contributed by atoms with Gasteiger partial charge < -0.3 is 9.84 Å². The number of ether oxygens (including phenoxy) is 1. The summed E-state index contributed by atoms with van der Waals surface area (Å²) >= 11 is 4.71. The van der Waals surface area contributed by atoms with Crippen molar-refractivity contribution in [3.05, 3.63) is 22.8 Å². The van der Waals surface area contributed by atoms with Crippen molar-refractivity contribution in [3.8, 4) is 0 Å². The van der Waals surface area contributed by atoms with Crippen molar-refractivity contribution in [2.45, 2.75) is 18.1 Å². The Morgan fingerprint density at radius 2 is 2.50 bits per heavy atom. The topological polar surface area (TPSA) is 59.4 Å². The summed E-state index contributed by atoms with van der Waals surface area (Å²) in [6.07, 6.45) is 0.882. The quantitative estimate of drug-likeness (QED) is 0.818. The molecule has 0 saturated carbocycles. The van der Waals surface area contributed by atoms with Crippen LogP contribution in [0, 0.1) is 0 Å². The molecule has 0 aliphatic rings. The van der Waals surface area contributed by atoms with Crippen LogP contribution in [0.5, 0.6) is 0 Å². The van der Waals surface area contributed by atoms with Crippen LogP contribution in [0.3, 0.4) is 0 Å². The van der Waals surface area contributed by atoms with Crippen LogP contribution in [-0.2, 0) is 9.53 Å². The molecule has 0 fully saturated rings. The van der Waals surface area contributed by atoms with Gasteiger partial charge in [-0.3, -0.25) is 0 Å². The van der Waals surface area contributed by atoms with Crippen molar-refractivity contribution >= 4 is 33.7 Å². The summed E-state index contributed by atoms with van der Waals surface area (Å²) in [5.74, 6) is -0.597. The fourth-order valence-corrected chi connectivity index (χ4v) is 2.51. The minimum atomic E-state index is -0.943. The Bertz CT molecular complexity index is 362. The number of hydrogen-bond acceptors (Lipinski definition) is 4. The minimum Gasteiger partial charge on any atom is -0.479 e. The number of aliphatic carboxylic acids is 1. The molecule has 1 unspecified atom stereocenters. The minimum absolute atomic E-state index is 0.346. The van der Waals surface area contributed by atoms with E-state index in [4.69, 9.17) is 9.84 Å². The summed E-state index contributed by atoms with van der Waals surface area (Å²) in [7, 11) is 0. The predicted molar refractivity (Wildman–Crippen MR) is 65.7 cm³/mol. The molecular formula is C10H12BrNO3S. The molecule has 0 aliphatic heterocycles. The van der Waals surface area contributed by atoms with E-state index in [9.17, 15) is 4.79 Å². The Kier molecular flexibility index (Phi) is 5.79. The summed E-state index contributed by atoms with van der Waals surface area (Å²) in [6.45, 7) is 2.16. The summed E-state index contributed by atoms with van der Waals surface area (Å²) in [5.41, 5.74) is 0. The molecule has 0 radical (unpaired) electrons. The molecule has 1 aromatic rings. The molecule has 6 heteroatoms. The average molecular weight is 306 g/mol. The van der Waals surface area contributed by atoms with E-state index in [0.29, 0.717) is 12.4 Å². The third-order valence-corrected chi connectivity index (χ3v) is 3.71. The maximum Gasteiger partial charge on any atom is 0.333 e. The highest BCUT2D eigenvalue weighted by atomic mass is 79.9. The number of carboxylic acids is 1. The van der Waals surface area contributed by atoms with Gasteiger partial charge in [-0.05, 0) is 35.0 Å². The molecule has 0 bridgehead atoms. The Labute approximate surface area is 107 Å². The fraction of sp³-hybridized carbons (Fsp3) is 0.400. The maximum absolute atomic E-state index is 10.8. The number of carboxylic acid groups (broad SMARTS) is 1. The van der Waals surface area contributed by atoms with Gasteiger partial charge in [-0.15, -0.1) is 11.8 Å². The van der Waals surface area contributed by atoms with Gasteiger partial charge in [0.25, 0.3) is 0 Å². The van der Waals surface area contributed by atoms with E-state index in [2.05, 4.69) is 20.9 Å². The van der Waals surface area contributed by atoms with Gasteiger partial charge in [0.15, 0.2) is 6.10 Å². The molecule has 1 rings (SSSR count). The normalized spacial score (nSPS) is 12.4. The smallest absolute Gasteiger partial charge is 0.333 e. The molecule has 1 N–H and O–H groups in total. The lowest BCUT2D eigenvalue weighted by atomic mass is 10.4. The fourth-order valence-electron chi connectivity index (χ4n) is 1.02. The van der Waals surface area contributed by atoms with Crippen LogP contribution < -0.4 is 0 Å². The van der Waals surface area contributed by atoms with Crippen LogP contribution in [-0.4, -0.2) is 34.5 Å². The summed E-state index contributed by atoms with van der Waals surface area (Å²) in [5, 5.41) is 9.65. The Morgan fingerprint density at radius 3 is 3.06 bits per heavy atom. The van der Waals surface area contributed by atoms with Crippen molar-refractivity contribution in [1.29, 1.82) is 0 Å². The number of thioether (sulfide) groups is 1. The van der Waals surface area contributed by atoms with Crippen LogP contribution in [0.2, 0.25) is 0 Å². The maximum atomic E-state index is 10.8. The lowest BCUT2D eigenvalue weighted by molar-refractivity contribution is -0.148. The molecule has 1 aromatic heterocycles. The van der Waals surface area contributed by atoms with Gasteiger partial charge in [0.2, 0.25) is 0 Å². The number of carbonyl (C=O) groups is 1. The predicted octanol–water partition coefficient (Wildman–Crippen LogP) is 2.43. The number of halogens is 1. The van der Waals surface area contributed by atoms with Crippen molar-refractivity contribution in [3.63, 3.8) is 0 Å². The average Bonchev–Trinajstić information content (AvgIpc) is 2.26. The van der Waals surface area contributed by atoms with E-state index in [1.54, 1.807) is 13.1 Å². The van der Waals surface area contributed by atoms with E-state index < -0.39 is 12.1 Å². The number of nitrogens with zero attached hydrogens (tertiary/aromatic N) is 1. The van der Waals surface area contributed by atoms with E-state index in [1.807, 2.05) is 12.1 Å². The first-order valence-corrected chi connectivity index (χ1v) is 6.50. The van der Waals surface area contributed by atoms with Crippen molar-refractivity contribution in [2.75, 3.05) is 12.4 Å². The van der Waals surface area contributed by atoms with Crippen molar-refractivity contribution < 1.29 is 14.6 Å². The molecule has 0 aromatic carbocycles. The van der Waals surface area contributed by atoms with E-state index in [1.165, 1.54) is 11.8 Å². The van der Waals surface area contributed by atoms with Gasteiger partial charge in [-0.25, -0.2) is 9.78 Å². The zero-order chi connectivity index (χ0) is 12.0. The van der Waals surface area contributed by atoms with E-state index in [0.717, 1.165) is 9.50 Å². The summed E-state index contributed by atoms with van der Waals surface area (Å²) < 4.78 is 5.96.